The summed E-state index contributed by atoms with van der Waals surface area (Å²) in [5, 5.41) is 13.6. The Bertz CT molecular complexity index is 499. The Morgan fingerprint density at radius 1 is 1.53 bits per heavy atom. The molecule has 3 N–H and O–H groups in total. The van der Waals surface area contributed by atoms with Crippen molar-refractivity contribution in [1.29, 1.82) is 0 Å². The fourth-order valence-corrected chi connectivity index (χ4v) is 1.59. The maximum Gasteiger partial charge on any atom is 0.320 e. The van der Waals surface area contributed by atoms with E-state index in [0.717, 1.165) is 12.1 Å². The van der Waals surface area contributed by atoms with Gasteiger partial charge in [0, 0.05) is 6.07 Å². The van der Waals surface area contributed by atoms with E-state index in [1.165, 1.54) is 0 Å². The quantitative estimate of drug-likeness (QED) is 0.586. The molecule has 1 aromatic rings. The number of rotatable bonds is 4. The van der Waals surface area contributed by atoms with Crippen molar-refractivity contribution >= 4 is 21.8 Å². The van der Waals surface area contributed by atoms with Gasteiger partial charge in [0.15, 0.2) is 11.6 Å². The number of aliphatic carboxylic acids is 1. The molecular weight excluding hydrogens is 226 g/mol. The van der Waals surface area contributed by atoms with Crippen molar-refractivity contribution in [3.05, 3.63) is 22.5 Å². The van der Waals surface area contributed by atoms with Crippen LogP contribution in [-0.4, -0.2) is 35.4 Å². The summed E-state index contributed by atoms with van der Waals surface area (Å²) in [4.78, 5) is 20.7. The highest BCUT2D eigenvalue weighted by Gasteiger charge is 2.15. The molecule has 0 fully saturated rings. The number of aromatic nitrogens is 2. The molecule has 0 saturated heterocycles. The van der Waals surface area contributed by atoms with E-state index in [4.69, 9.17) is 5.11 Å². The minimum absolute atomic E-state index is 0.143. The summed E-state index contributed by atoms with van der Waals surface area (Å²) in [7, 11) is -3.98. The van der Waals surface area contributed by atoms with E-state index in [1.807, 2.05) is 9.82 Å². The molecule has 0 amide bonds. The van der Waals surface area contributed by atoms with Crippen molar-refractivity contribution in [3.8, 4) is 0 Å². The number of anilines is 1. The molecule has 0 unspecified atom stereocenters. The van der Waals surface area contributed by atoms with E-state index in [-0.39, 0.29) is 5.82 Å². The second kappa shape index (κ2) is 4.09. The van der Waals surface area contributed by atoms with Crippen molar-refractivity contribution in [2.24, 2.45) is 0 Å². The van der Waals surface area contributed by atoms with Crippen LogP contribution in [-0.2, 0) is 14.8 Å². The molecule has 82 valence electrons. The van der Waals surface area contributed by atoms with Gasteiger partial charge in [0.25, 0.3) is 5.56 Å². The van der Waals surface area contributed by atoms with Crippen LogP contribution >= 0.6 is 0 Å². The standard InChI is InChI=1S/C6H7N3O5S/c10-5-2-1-4(7-8-5)9-15(13,14)3-6(11)12/h1-2H,3H2,(H,7,9)(H,8,10)(H,11,12). The molecule has 0 aliphatic rings. The van der Waals surface area contributed by atoms with E-state index < -0.39 is 27.3 Å². The van der Waals surface area contributed by atoms with Crippen molar-refractivity contribution in [2.75, 3.05) is 10.5 Å². The van der Waals surface area contributed by atoms with Crippen molar-refractivity contribution in [3.63, 3.8) is 0 Å². The van der Waals surface area contributed by atoms with Gasteiger partial charge in [0.1, 0.15) is 0 Å². The van der Waals surface area contributed by atoms with Gasteiger partial charge in [-0.05, 0) is 6.07 Å². The van der Waals surface area contributed by atoms with Gasteiger partial charge >= 0.3 is 5.97 Å². The number of nitrogens with one attached hydrogen (secondary N) is 2. The Morgan fingerprint density at radius 3 is 2.67 bits per heavy atom. The zero-order valence-corrected chi connectivity index (χ0v) is 8.11. The number of hydrogen-bond donors (Lipinski definition) is 3. The van der Waals surface area contributed by atoms with Gasteiger partial charge in [-0.2, -0.15) is 5.10 Å². The molecule has 0 radical (unpaired) electrons. The Labute approximate surface area is 84.0 Å². The third-order valence-electron chi connectivity index (χ3n) is 1.25. The summed E-state index contributed by atoms with van der Waals surface area (Å²) in [6.45, 7) is 0. The number of sulfonamides is 1. The van der Waals surface area contributed by atoms with Crippen molar-refractivity contribution < 1.29 is 18.3 Å². The Kier molecular flexibility index (Phi) is 3.04. The number of hydrogen-bond acceptors (Lipinski definition) is 5. The zero-order valence-electron chi connectivity index (χ0n) is 7.30. The highest BCUT2D eigenvalue weighted by atomic mass is 32.2. The van der Waals surface area contributed by atoms with Gasteiger partial charge in [-0.3, -0.25) is 14.3 Å². The molecule has 15 heavy (non-hydrogen) atoms. The van der Waals surface area contributed by atoms with Gasteiger partial charge < -0.3 is 5.11 Å². The first-order valence-electron chi connectivity index (χ1n) is 3.67. The summed E-state index contributed by atoms with van der Waals surface area (Å²) < 4.78 is 24.0. The molecule has 1 aromatic heterocycles. The molecule has 8 nitrogen and oxygen atoms in total. The molecule has 0 atom stereocenters. The number of carboxylic acid groups (broad SMARTS) is 1. The summed E-state index contributed by atoms with van der Waals surface area (Å²) >= 11 is 0. The largest absolute Gasteiger partial charge is 0.480 e. The molecule has 0 aliphatic carbocycles. The third kappa shape index (κ3) is 3.77. The van der Waals surface area contributed by atoms with E-state index in [2.05, 4.69) is 5.10 Å². The Hall–Kier alpha value is -1.90. The molecule has 0 spiro atoms. The third-order valence-corrected chi connectivity index (χ3v) is 2.40. The van der Waals surface area contributed by atoms with Crippen molar-refractivity contribution in [2.45, 2.75) is 0 Å². The first-order chi connectivity index (χ1) is 6.89. The van der Waals surface area contributed by atoms with E-state index in [1.54, 1.807) is 0 Å². The fourth-order valence-electron chi connectivity index (χ4n) is 0.759. The van der Waals surface area contributed by atoms with Crippen LogP contribution in [0.25, 0.3) is 0 Å². The van der Waals surface area contributed by atoms with Crippen LogP contribution in [0.1, 0.15) is 0 Å². The number of H-pyrrole nitrogens is 1. The van der Waals surface area contributed by atoms with Gasteiger partial charge in [-0.15, -0.1) is 0 Å². The number of carbonyl (C=O) groups is 1. The molecule has 1 rings (SSSR count). The lowest BCUT2D eigenvalue weighted by atomic mass is 10.5. The lowest BCUT2D eigenvalue weighted by molar-refractivity contribution is -0.134. The molecule has 1 heterocycles. The predicted octanol–water partition coefficient (Wildman–Crippen LogP) is -1.40. The van der Waals surface area contributed by atoms with Gasteiger partial charge in [0.05, 0.1) is 0 Å². The van der Waals surface area contributed by atoms with E-state index in [0.29, 0.717) is 0 Å². The lowest BCUT2D eigenvalue weighted by Crippen LogP contribution is -2.23. The molecule has 0 bridgehead atoms. The van der Waals surface area contributed by atoms with Crippen LogP contribution in [0.2, 0.25) is 0 Å². The molecular formula is C6H7N3O5S. The maximum atomic E-state index is 11.1. The number of carboxylic acids is 1. The lowest BCUT2D eigenvalue weighted by Gasteiger charge is -2.03. The van der Waals surface area contributed by atoms with Crippen LogP contribution in [0.4, 0.5) is 5.82 Å². The van der Waals surface area contributed by atoms with Gasteiger partial charge in [-0.25, -0.2) is 13.5 Å². The van der Waals surface area contributed by atoms with E-state index >= 15 is 0 Å². The highest BCUT2D eigenvalue weighted by molar-refractivity contribution is 7.93. The second-order valence-electron chi connectivity index (χ2n) is 2.56. The fraction of sp³-hybridized carbons (Fsp3) is 0.167. The first kappa shape index (κ1) is 11.2. The summed E-state index contributed by atoms with van der Waals surface area (Å²) in [6.07, 6.45) is 0. The SMILES string of the molecule is O=C(O)CS(=O)(=O)Nc1ccc(=O)[nH]n1. The van der Waals surface area contributed by atoms with Crippen LogP contribution < -0.4 is 10.3 Å². The monoisotopic (exact) mass is 233 g/mol. The highest BCUT2D eigenvalue weighted by Crippen LogP contribution is 2.00. The predicted molar refractivity (Wildman–Crippen MR) is 49.9 cm³/mol. The van der Waals surface area contributed by atoms with Crippen molar-refractivity contribution in [1.82, 2.24) is 10.2 Å². The molecule has 0 aliphatic heterocycles. The van der Waals surface area contributed by atoms with Gasteiger partial charge in [0.2, 0.25) is 10.0 Å². The minimum atomic E-state index is -3.98. The van der Waals surface area contributed by atoms with Crippen LogP contribution in [0, 0.1) is 0 Å². The first-order valence-corrected chi connectivity index (χ1v) is 5.32. The maximum absolute atomic E-state index is 11.1. The molecule has 9 heteroatoms. The van der Waals surface area contributed by atoms with Crippen LogP contribution in [0.3, 0.4) is 0 Å². The Balaban J connectivity index is 2.82. The average molecular weight is 233 g/mol. The number of aromatic amines is 1. The molecule has 0 aromatic carbocycles. The normalized spacial score (nSPS) is 10.9. The van der Waals surface area contributed by atoms with E-state index in [9.17, 15) is 18.0 Å². The number of nitrogens with zero attached hydrogens (tertiary/aromatic N) is 1. The average Bonchev–Trinajstić information content (AvgIpc) is 2.06. The summed E-state index contributed by atoms with van der Waals surface area (Å²) in [6, 6.07) is 2.18. The topological polar surface area (TPSA) is 129 Å². The summed E-state index contributed by atoms with van der Waals surface area (Å²) in [5.74, 6) is -2.68. The smallest absolute Gasteiger partial charge is 0.320 e. The van der Waals surface area contributed by atoms with Crippen LogP contribution in [0.15, 0.2) is 16.9 Å². The summed E-state index contributed by atoms with van der Waals surface area (Å²) in [5.41, 5.74) is -0.490. The zero-order chi connectivity index (χ0) is 11.5. The van der Waals surface area contributed by atoms with Gasteiger partial charge in [-0.1, -0.05) is 0 Å². The minimum Gasteiger partial charge on any atom is -0.480 e. The van der Waals surface area contributed by atoms with Crippen LogP contribution in [0.5, 0.6) is 0 Å². The second-order valence-corrected chi connectivity index (χ2v) is 4.28. The molecule has 0 saturated carbocycles. The Morgan fingerprint density at radius 2 is 2.20 bits per heavy atom.